The van der Waals surface area contributed by atoms with Crippen molar-refractivity contribution in [2.24, 2.45) is 5.41 Å². The average Bonchev–Trinajstić information content (AvgIpc) is 2.86. The maximum atomic E-state index is 12.7. The first-order chi connectivity index (χ1) is 10.2. The number of thiocarbonyl (C=S) groups is 1. The van der Waals surface area contributed by atoms with Gasteiger partial charge in [-0.3, -0.25) is 9.69 Å². The Kier molecular flexibility index (Phi) is 7.92. The van der Waals surface area contributed by atoms with Crippen LogP contribution < -0.4 is 0 Å². The van der Waals surface area contributed by atoms with Gasteiger partial charge in [-0.05, 0) is 25.0 Å². The molecular weight excluding hydrogens is 334 g/mol. The topological polar surface area (TPSA) is 40.5 Å². The Hall–Kier alpha value is -0.0400. The molecule has 0 aromatic carbocycles. The Bertz CT molecular complexity index is 437. The van der Waals surface area contributed by atoms with Gasteiger partial charge >= 0.3 is 0 Å². The zero-order valence-electron chi connectivity index (χ0n) is 14.0. The summed E-state index contributed by atoms with van der Waals surface area (Å²) in [6.45, 7) is 8.06. The Morgan fingerprint density at radius 1 is 1.64 bits per heavy atom. The van der Waals surface area contributed by atoms with Crippen molar-refractivity contribution in [1.82, 2.24) is 4.90 Å². The van der Waals surface area contributed by atoms with Crippen LogP contribution in [0.4, 0.5) is 0 Å². The van der Waals surface area contributed by atoms with Crippen molar-refractivity contribution in [3.63, 3.8) is 0 Å². The smallest absolute Gasteiger partial charge is 0.230 e. The highest BCUT2D eigenvalue weighted by Crippen LogP contribution is 2.33. The van der Waals surface area contributed by atoms with Gasteiger partial charge in [0.2, 0.25) is 5.91 Å². The Labute approximate surface area is 148 Å². The first-order valence-electron chi connectivity index (χ1n) is 7.55. The van der Waals surface area contributed by atoms with Crippen LogP contribution in [0.1, 0.15) is 40.5 Å². The van der Waals surface area contributed by atoms with E-state index in [2.05, 4.69) is 6.92 Å². The molecule has 0 spiro atoms. The van der Waals surface area contributed by atoms with Gasteiger partial charge in [-0.2, -0.15) is 11.8 Å². The number of amides is 1. The third kappa shape index (κ3) is 4.98. The Balaban J connectivity index is 2.75. The highest BCUT2D eigenvalue weighted by Gasteiger charge is 2.39. The van der Waals surface area contributed by atoms with E-state index in [-0.39, 0.29) is 23.8 Å². The largest absolute Gasteiger partial charge is 0.392 e. The molecule has 0 bridgehead atoms. The third-order valence-electron chi connectivity index (χ3n) is 4.24. The molecule has 1 fully saturated rings. The fourth-order valence-corrected chi connectivity index (χ4v) is 4.55. The van der Waals surface area contributed by atoms with Crippen LogP contribution in [0.15, 0.2) is 12.2 Å². The second kappa shape index (κ2) is 8.71. The SMILES string of the molecule is C/C=C/CC(C)(C)C(O)CC(=O)N1C(=S)SCC1C(C)SC. The highest BCUT2D eigenvalue weighted by molar-refractivity contribution is 8.23. The van der Waals surface area contributed by atoms with Gasteiger partial charge in [0.1, 0.15) is 4.32 Å². The van der Waals surface area contributed by atoms with Gasteiger partial charge in [0.05, 0.1) is 18.6 Å². The summed E-state index contributed by atoms with van der Waals surface area (Å²) < 4.78 is 0.648. The minimum atomic E-state index is -0.671. The van der Waals surface area contributed by atoms with E-state index in [4.69, 9.17) is 12.2 Å². The van der Waals surface area contributed by atoms with Gasteiger partial charge in [-0.15, -0.1) is 0 Å². The van der Waals surface area contributed by atoms with Crippen molar-refractivity contribution in [1.29, 1.82) is 0 Å². The summed E-state index contributed by atoms with van der Waals surface area (Å²) >= 11 is 8.65. The molecule has 0 radical (unpaired) electrons. The van der Waals surface area contributed by atoms with E-state index >= 15 is 0 Å². The van der Waals surface area contributed by atoms with Gasteiger partial charge in [-0.25, -0.2) is 0 Å². The number of carbonyl (C=O) groups excluding carboxylic acids is 1. The van der Waals surface area contributed by atoms with Crippen molar-refractivity contribution < 1.29 is 9.90 Å². The Morgan fingerprint density at radius 3 is 2.82 bits per heavy atom. The maximum Gasteiger partial charge on any atom is 0.230 e. The van der Waals surface area contributed by atoms with E-state index in [1.165, 1.54) is 0 Å². The van der Waals surface area contributed by atoms with Gasteiger partial charge < -0.3 is 5.11 Å². The first-order valence-corrected chi connectivity index (χ1v) is 10.2. The van der Waals surface area contributed by atoms with Gasteiger partial charge in [0.25, 0.3) is 0 Å². The number of aliphatic hydroxyl groups excluding tert-OH is 1. The summed E-state index contributed by atoms with van der Waals surface area (Å²) in [4.78, 5) is 14.4. The first kappa shape index (κ1) is 20.0. The zero-order chi connectivity index (χ0) is 16.9. The molecule has 1 amide bonds. The normalized spacial score (nSPS) is 22.4. The number of rotatable bonds is 7. The van der Waals surface area contributed by atoms with Crippen LogP contribution >= 0.6 is 35.7 Å². The molecule has 1 heterocycles. The van der Waals surface area contributed by atoms with E-state index < -0.39 is 6.10 Å². The molecule has 0 aromatic heterocycles. The molecule has 1 aliphatic heterocycles. The number of nitrogens with zero attached hydrogens (tertiary/aromatic N) is 1. The molecule has 1 aliphatic rings. The lowest BCUT2D eigenvalue weighted by Gasteiger charge is -2.32. The molecule has 3 nitrogen and oxygen atoms in total. The average molecular weight is 362 g/mol. The summed E-state index contributed by atoms with van der Waals surface area (Å²) in [5.74, 6) is 0.798. The fourth-order valence-electron chi connectivity index (χ4n) is 2.32. The lowest BCUT2D eigenvalue weighted by Crippen LogP contribution is -2.45. The predicted octanol–water partition coefficient (Wildman–Crippen LogP) is 3.71. The number of carbonyl (C=O) groups is 1. The highest BCUT2D eigenvalue weighted by atomic mass is 32.2. The second-order valence-corrected chi connectivity index (χ2v) is 9.20. The van der Waals surface area contributed by atoms with Crippen molar-refractivity contribution in [3.8, 4) is 0 Å². The monoisotopic (exact) mass is 361 g/mol. The lowest BCUT2D eigenvalue weighted by atomic mass is 9.81. The van der Waals surface area contributed by atoms with Crippen LogP contribution in [0.25, 0.3) is 0 Å². The van der Waals surface area contributed by atoms with Crippen LogP contribution in [0, 0.1) is 5.41 Å². The van der Waals surface area contributed by atoms with E-state index in [0.29, 0.717) is 9.57 Å². The predicted molar refractivity (Wildman–Crippen MR) is 103 cm³/mol. The van der Waals surface area contributed by atoms with Crippen molar-refractivity contribution in [2.75, 3.05) is 12.0 Å². The minimum absolute atomic E-state index is 0.0537. The number of hydrogen-bond donors (Lipinski definition) is 1. The fraction of sp³-hybridized carbons (Fsp3) is 0.750. The molecule has 6 heteroatoms. The van der Waals surface area contributed by atoms with Crippen LogP contribution in [-0.4, -0.2) is 49.6 Å². The van der Waals surface area contributed by atoms with Crippen LogP contribution in [0.2, 0.25) is 0 Å². The van der Waals surface area contributed by atoms with E-state index in [1.807, 2.05) is 39.2 Å². The molecule has 0 saturated carbocycles. The molecule has 1 rings (SSSR count). The van der Waals surface area contributed by atoms with E-state index in [0.717, 1.165) is 12.2 Å². The third-order valence-corrected chi connectivity index (χ3v) is 6.80. The molecular formula is C16H27NO2S3. The standard InChI is InChI=1S/C16H27NO2S3/c1-6-7-8-16(3,4)13(18)9-14(19)17-12(11(2)21-5)10-22-15(17)20/h6-7,11-13,18H,8-10H2,1-5H3/b7-6+. The number of thioether (sulfide) groups is 2. The lowest BCUT2D eigenvalue weighted by molar-refractivity contribution is -0.132. The molecule has 1 N–H and O–H groups in total. The van der Waals surface area contributed by atoms with Gasteiger partial charge in [0.15, 0.2) is 0 Å². The molecule has 126 valence electrons. The summed E-state index contributed by atoms with van der Waals surface area (Å²) in [6.07, 6.45) is 6.26. The quantitative estimate of drug-likeness (QED) is 0.553. The number of aliphatic hydroxyl groups is 1. The van der Waals surface area contributed by atoms with Crippen LogP contribution in [0.3, 0.4) is 0 Å². The molecule has 3 unspecified atom stereocenters. The molecule has 3 atom stereocenters. The van der Waals surface area contributed by atoms with Crippen molar-refractivity contribution in [3.05, 3.63) is 12.2 Å². The second-order valence-electron chi connectivity index (χ2n) is 6.33. The van der Waals surface area contributed by atoms with Crippen LogP contribution in [0.5, 0.6) is 0 Å². The van der Waals surface area contributed by atoms with Gasteiger partial charge in [0, 0.05) is 11.0 Å². The summed E-state index contributed by atoms with van der Waals surface area (Å²) in [6, 6.07) is 0.130. The summed E-state index contributed by atoms with van der Waals surface area (Å²) in [7, 11) is 0. The minimum Gasteiger partial charge on any atom is -0.392 e. The van der Waals surface area contributed by atoms with Gasteiger partial charge in [-0.1, -0.05) is 56.9 Å². The summed E-state index contributed by atoms with van der Waals surface area (Å²) in [5.41, 5.74) is -0.322. The van der Waals surface area contributed by atoms with E-state index in [1.54, 1.807) is 28.4 Å². The maximum absolute atomic E-state index is 12.7. The molecule has 0 aromatic rings. The summed E-state index contributed by atoms with van der Waals surface area (Å²) in [5, 5.41) is 10.8. The van der Waals surface area contributed by atoms with Crippen LogP contribution in [-0.2, 0) is 4.79 Å². The van der Waals surface area contributed by atoms with E-state index in [9.17, 15) is 9.90 Å². The van der Waals surface area contributed by atoms with Crippen molar-refractivity contribution >= 4 is 46.0 Å². The van der Waals surface area contributed by atoms with Crippen molar-refractivity contribution in [2.45, 2.75) is 57.9 Å². The molecule has 1 saturated heterocycles. The zero-order valence-corrected chi connectivity index (χ0v) is 16.5. The molecule has 22 heavy (non-hydrogen) atoms. The Morgan fingerprint density at radius 2 is 2.27 bits per heavy atom. The number of hydrogen-bond acceptors (Lipinski definition) is 5. The molecule has 0 aliphatic carbocycles. The number of allylic oxidation sites excluding steroid dienone is 2.